The molecule has 1 aromatic heterocycles. The molecule has 3 N–H and O–H groups in total. The maximum Gasteiger partial charge on any atom is 0.225 e. The van der Waals surface area contributed by atoms with Crippen LogP contribution in [0.1, 0.15) is 31.7 Å². The van der Waals surface area contributed by atoms with Gasteiger partial charge in [-0.25, -0.2) is 0 Å². The molecule has 0 saturated carbocycles. The van der Waals surface area contributed by atoms with Gasteiger partial charge in [-0.05, 0) is 38.3 Å². The SMILES string of the molecule is CCc1cn[nH]c1NC(=O)CC1CCNCC1. The van der Waals surface area contributed by atoms with Gasteiger partial charge in [-0.3, -0.25) is 9.89 Å². The molecule has 17 heavy (non-hydrogen) atoms. The lowest BCUT2D eigenvalue weighted by Crippen LogP contribution is -2.30. The standard InChI is InChI=1S/C12H20N4O/c1-2-10-8-14-16-12(10)15-11(17)7-9-3-5-13-6-4-9/h8-9,13H,2-7H2,1H3,(H2,14,15,16,17). The lowest BCUT2D eigenvalue weighted by molar-refractivity contribution is -0.117. The summed E-state index contributed by atoms with van der Waals surface area (Å²) >= 11 is 0. The smallest absolute Gasteiger partial charge is 0.225 e. The molecular formula is C12H20N4O. The fourth-order valence-corrected chi connectivity index (χ4v) is 2.23. The topological polar surface area (TPSA) is 69.8 Å². The van der Waals surface area contributed by atoms with Gasteiger partial charge < -0.3 is 10.6 Å². The molecule has 1 aliphatic rings. The van der Waals surface area contributed by atoms with Crippen molar-refractivity contribution in [2.24, 2.45) is 5.92 Å². The summed E-state index contributed by atoms with van der Waals surface area (Å²) in [5.41, 5.74) is 1.06. The van der Waals surface area contributed by atoms with Gasteiger partial charge in [-0.1, -0.05) is 6.92 Å². The molecule has 0 spiro atoms. The zero-order valence-electron chi connectivity index (χ0n) is 10.3. The molecule has 94 valence electrons. The number of nitrogens with one attached hydrogen (secondary N) is 3. The van der Waals surface area contributed by atoms with Crippen LogP contribution in [0.25, 0.3) is 0 Å². The van der Waals surface area contributed by atoms with E-state index in [-0.39, 0.29) is 5.91 Å². The van der Waals surface area contributed by atoms with Crippen LogP contribution in [0.4, 0.5) is 5.82 Å². The first kappa shape index (κ1) is 12.1. The third-order valence-corrected chi connectivity index (χ3v) is 3.30. The second kappa shape index (κ2) is 5.82. The Morgan fingerprint density at radius 1 is 1.53 bits per heavy atom. The summed E-state index contributed by atoms with van der Waals surface area (Å²) in [7, 11) is 0. The van der Waals surface area contributed by atoms with E-state index in [4.69, 9.17) is 0 Å². The minimum atomic E-state index is 0.0934. The Kier molecular flexibility index (Phi) is 4.14. The number of nitrogens with zero attached hydrogens (tertiary/aromatic N) is 1. The lowest BCUT2D eigenvalue weighted by atomic mass is 9.94. The first-order valence-electron chi connectivity index (χ1n) is 6.32. The number of aromatic amines is 1. The lowest BCUT2D eigenvalue weighted by Gasteiger charge is -2.21. The van der Waals surface area contributed by atoms with Crippen molar-refractivity contribution in [2.75, 3.05) is 18.4 Å². The van der Waals surface area contributed by atoms with Crippen LogP contribution in [0.15, 0.2) is 6.20 Å². The predicted molar refractivity (Wildman–Crippen MR) is 66.8 cm³/mol. The summed E-state index contributed by atoms with van der Waals surface area (Å²) in [4.78, 5) is 11.9. The van der Waals surface area contributed by atoms with E-state index >= 15 is 0 Å². The summed E-state index contributed by atoms with van der Waals surface area (Å²) in [5.74, 6) is 1.37. The minimum absolute atomic E-state index is 0.0934. The molecule has 1 aliphatic heterocycles. The van der Waals surface area contributed by atoms with Gasteiger partial charge in [0, 0.05) is 12.0 Å². The highest BCUT2D eigenvalue weighted by Crippen LogP contribution is 2.18. The molecule has 1 aromatic rings. The molecule has 2 rings (SSSR count). The third kappa shape index (κ3) is 3.30. The summed E-state index contributed by atoms with van der Waals surface area (Å²) in [6.07, 6.45) is 5.44. The number of aromatic nitrogens is 2. The largest absolute Gasteiger partial charge is 0.317 e. The second-order valence-corrected chi connectivity index (χ2v) is 4.57. The molecule has 0 radical (unpaired) electrons. The fourth-order valence-electron chi connectivity index (χ4n) is 2.23. The first-order valence-corrected chi connectivity index (χ1v) is 6.32. The van der Waals surface area contributed by atoms with Crippen LogP contribution in [0.3, 0.4) is 0 Å². The van der Waals surface area contributed by atoms with Gasteiger partial charge in [0.05, 0.1) is 6.20 Å². The zero-order valence-corrected chi connectivity index (χ0v) is 10.3. The number of hydrogen-bond acceptors (Lipinski definition) is 3. The number of amides is 1. The number of rotatable bonds is 4. The van der Waals surface area contributed by atoms with Crippen LogP contribution >= 0.6 is 0 Å². The Hall–Kier alpha value is -1.36. The fraction of sp³-hybridized carbons (Fsp3) is 0.667. The molecule has 0 aliphatic carbocycles. The van der Waals surface area contributed by atoms with E-state index in [1.54, 1.807) is 6.20 Å². The van der Waals surface area contributed by atoms with E-state index in [1.807, 2.05) is 6.92 Å². The zero-order chi connectivity index (χ0) is 12.1. The van der Waals surface area contributed by atoms with Crippen LogP contribution in [0.2, 0.25) is 0 Å². The third-order valence-electron chi connectivity index (χ3n) is 3.30. The maximum atomic E-state index is 11.9. The molecule has 1 amide bonds. The van der Waals surface area contributed by atoms with Gasteiger partial charge in [0.25, 0.3) is 0 Å². The number of carbonyl (C=O) groups excluding carboxylic acids is 1. The van der Waals surface area contributed by atoms with Crippen molar-refractivity contribution in [1.82, 2.24) is 15.5 Å². The van der Waals surface area contributed by atoms with Crippen molar-refractivity contribution in [3.63, 3.8) is 0 Å². The Bertz CT molecular complexity index is 368. The molecule has 2 heterocycles. The normalized spacial score (nSPS) is 17.0. The van der Waals surface area contributed by atoms with Gasteiger partial charge in [0.2, 0.25) is 5.91 Å². The number of carbonyl (C=O) groups is 1. The predicted octanol–water partition coefficient (Wildman–Crippen LogP) is 1.30. The molecule has 1 saturated heterocycles. The highest BCUT2D eigenvalue weighted by molar-refractivity contribution is 5.90. The Balaban J connectivity index is 1.84. The van der Waals surface area contributed by atoms with E-state index in [0.29, 0.717) is 12.3 Å². The number of piperidine rings is 1. The number of H-pyrrole nitrogens is 1. The molecule has 0 unspecified atom stereocenters. The van der Waals surface area contributed by atoms with E-state index < -0.39 is 0 Å². The molecule has 0 atom stereocenters. The number of aryl methyl sites for hydroxylation is 1. The van der Waals surface area contributed by atoms with E-state index in [0.717, 1.165) is 43.7 Å². The minimum Gasteiger partial charge on any atom is -0.317 e. The second-order valence-electron chi connectivity index (χ2n) is 4.57. The van der Waals surface area contributed by atoms with Crippen molar-refractivity contribution < 1.29 is 4.79 Å². The van der Waals surface area contributed by atoms with Crippen molar-refractivity contribution in [1.29, 1.82) is 0 Å². The van der Waals surface area contributed by atoms with Crippen molar-refractivity contribution >= 4 is 11.7 Å². The number of anilines is 1. The first-order chi connectivity index (χ1) is 8.29. The molecular weight excluding hydrogens is 216 g/mol. The van der Waals surface area contributed by atoms with E-state index in [2.05, 4.69) is 20.8 Å². The average Bonchev–Trinajstić information content (AvgIpc) is 2.77. The van der Waals surface area contributed by atoms with Gasteiger partial charge in [0.15, 0.2) is 0 Å². The van der Waals surface area contributed by atoms with Crippen molar-refractivity contribution in [2.45, 2.75) is 32.6 Å². The van der Waals surface area contributed by atoms with Gasteiger partial charge in [-0.15, -0.1) is 0 Å². The summed E-state index contributed by atoms with van der Waals surface area (Å²) < 4.78 is 0. The van der Waals surface area contributed by atoms with E-state index in [1.165, 1.54) is 0 Å². The molecule has 1 fully saturated rings. The van der Waals surface area contributed by atoms with Crippen molar-refractivity contribution in [3.05, 3.63) is 11.8 Å². The van der Waals surface area contributed by atoms with Crippen LogP contribution in [0.5, 0.6) is 0 Å². The van der Waals surface area contributed by atoms with Gasteiger partial charge in [0.1, 0.15) is 5.82 Å². The molecule has 0 bridgehead atoms. The Morgan fingerprint density at radius 2 is 2.29 bits per heavy atom. The number of hydrogen-bond donors (Lipinski definition) is 3. The van der Waals surface area contributed by atoms with Crippen LogP contribution in [-0.2, 0) is 11.2 Å². The van der Waals surface area contributed by atoms with Crippen molar-refractivity contribution in [3.8, 4) is 0 Å². The monoisotopic (exact) mass is 236 g/mol. The Morgan fingerprint density at radius 3 is 3.00 bits per heavy atom. The highest BCUT2D eigenvalue weighted by Gasteiger charge is 2.17. The van der Waals surface area contributed by atoms with E-state index in [9.17, 15) is 4.79 Å². The highest BCUT2D eigenvalue weighted by atomic mass is 16.1. The maximum absolute atomic E-state index is 11.9. The van der Waals surface area contributed by atoms with Gasteiger partial charge >= 0.3 is 0 Å². The molecule has 5 nitrogen and oxygen atoms in total. The van der Waals surface area contributed by atoms with Crippen LogP contribution < -0.4 is 10.6 Å². The van der Waals surface area contributed by atoms with Crippen LogP contribution in [-0.4, -0.2) is 29.2 Å². The quantitative estimate of drug-likeness (QED) is 0.738. The van der Waals surface area contributed by atoms with Crippen LogP contribution in [0, 0.1) is 5.92 Å². The van der Waals surface area contributed by atoms with Gasteiger partial charge in [-0.2, -0.15) is 5.10 Å². The average molecular weight is 236 g/mol. The summed E-state index contributed by atoms with van der Waals surface area (Å²) in [5, 5.41) is 13.0. The summed E-state index contributed by atoms with van der Waals surface area (Å²) in [6, 6.07) is 0. The summed E-state index contributed by atoms with van der Waals surface area (Å²) in [6.45, 7) is 4.11. The Labute approximate surface area is 101 Å². The molecule has 0 aromatic carbocycles. The molecule has 5 heteroatoms.